The first kappa shape index (κ1) is 23.0. The molecular weight excluding hydrogens is 440 g/mol. The molecule has 1 aromatic heterocycles. The molecule has 0 fully saturated rings. The molecule has 0 saturated heterocycles. The third kappa shape index (κ3) is 4.48. The van der Waals surface area contributed by atoms with Crippen molar-refractivity contribution in [1.82, 2.24) is 15.1 Å². The summed E-state index contributed by atoms with van der Waals surface area (Å²) in [6, 6.07) is 14.4. The molecule has 0 bridgehead atoms. The van der Waals surface area contributed by atoms with Crippen LogP contribution >= 0.6 is 0 Å². The van der Waals surface area contributed by atoms with Gasteiger partial charge in [0.05, 0.1) is 6.10 Å². The summed E-state index contributed by atoms with van der Waals surface area (Å²) in [5.41, 5.74) is 4.26. The van der Waals surface area contributed by atoms with E-state index < -0.39 is 30.1 Å². The Bertz CT molecular complexity index is 1210. The molecule has 2 amide bonds. The number of hydrogen-bond donors (Lipinski definition) is 4. The molecule has 0 radical (unpaired) electrons. The van der Waals surface area contributed by atoms with Crippen LogP contribution in [0.3, 0.4) is 0 Å². The number of ether oxygens (including phenoxy) is 1. The summed E-state index contributed by atoms with van der Waals surface area (Å²) in [5.74, 6) is -2.42. The Morgan fingerprint density at radius 2 is 1.68 bits per heavy atom. The number of aliphatic carboxylic acids is 1. The minimum atomic E-state index is -1.52. The molecule has 1 heterocycles. The number of hydrogen-bond acceptors (Lipinski definition) is 6. The molecule has 0 spiro atoms. The molecule has 1 aliphatic rings. The van der Waals surface area contributed by atoms with Crippen molar-refractivity contribution < 1.29 is 29.3 Å². The number of anilines is 1. The number of aromatic nitrogens is 2. The number of aryl methyl sites for hydroxylation is 1. The van der Waals surface area contributed by atoms with E-state index in [1.165, 1.54) is 17.8 Å². The second kappa shape index (κ2) is 9.36. The molecule has 3 aromatic rings. The largest absolute Gasteiger partial charge is 0.480 e. The maximum atomic E-state index is 12.6. The molecule has 4 N–H and O–H groups in total. The molecule has 176 valence electrons. The Hall–Kier alpha value is -4.18. The van der Waals surface area contributed by atoms with Crippen molar-refractivity contribution in [3.63, 3.8) is 0 Å². The molecule has 1 aliphatic carbocycles. The van der Waals surface area contributed by atoms with Crippen molar-refractivity contribution in [2.45, 2.75) is 25.0 Å². The minimum Gasteiger partial charge on any atom is -0.480 e. The SMILES string of the molecule is C[C@@H](O)[C@H](NC(=O)c1cn(C)nc1NC(=O)OCC1c2ccccc2-c2ccccc21)C(=O)O. The van der Waals surface area contributed by atoms with Crippen molar-refractivity contribution in [3.8, 4) is 11.1 Å². The number of carbonyl (C=O) groups is 3. The fraction of sp³-hybridized carbons (Fsp3) is 0.250. The number of fused-ring (bicyclic) bond motifs is 3. The van der Waals surface area contributed by atoms with Crippen LogP contribution in [-0.4, -0.2) is 56.7 Å². The molecule has 10 nitrogen and oxygen atoms in total. The van der Waals surface area contributed by atoms with Crippen molar-refractivity contribution >= 4 is 23.8 Å². The number of aliphatic hydroxyl groups excluding tert-OH is 1. The zero-order chi connectivity index (χ0) is 24.4. The van der Waals surface area contributed by atoms with Crippen molar-refractivity contribution in [2.24, 2.45) is 7.05 Å². The molecule has 0 aliphatic heterocycles. The lowest BCUT2D eigenvalue weighted by Crippen LogP contribution is -2.47. The Balaban J connectivity index is 1.46. The van der Waals surface area contributed by atoms with Gasteiger partial charge >= 0.3 is 12.1 Å². The van der Waals surface area contributed by atoms with E-state index in [9.17, 15) is 24.6 Å². The van der Waals surface area contributed by atoms with Gasteiger partial charge in [0, 0.05) is 19.2 Å². The van der Waals surface area contributed by atoms with Crippen LogP contribution in [0.25, 0.3) is 11.1 Å². The molecule has 4 rings (SSSR count). The number of carbonyl (C=O) groups excluding carboxylic acids is 2. The van der Waals surface area contributed by atoms with Crippen LogP contribution in [0.1, 0.15) is 34.3 Å². The standard InChI is InChI=1S/C24H24N4O6/c1-13(29)20(23(31)32)25-22(30)18-11-28(2)27-21(18)26-24(33)34-12-19-16-9-5-3-7-14(16)15-8-4-6-10-17(15)19/h3-11,13,19-20,29H,12H2,1-2H3,(H,25,30)(H,31,32)(H,26,27,33)/t13-,20+/m1/s1. The van der Waals surface area contributed by atoms with Crippen LogP contribution in [0.15, 0.2) is 54.7 Å². The Kier molecular flexibility index (Phi) is 6.33. The topological polar surface area (TPSA) is 143 Å². The first-order valence-corrected chi connectivity index (χ1v) is 10.6. The van der Waals surface area contributed by atoms with Gasteiger partial charge in [-0.1, -0.05) is 48.5 Å². The molecule has 10 heteroatoms. The zero-order valence-electron chi connectivity index (χ0n) is 18.6. The molecule has 2 atom stereocenters. The highest BCUT2D eigenvalue weighted by Crippen LogP contribution is 2.44. The van der Waals surface area contributed by atoms with Crippen LogP contribution in [0.4, 0.5) is 10.6 Å². The summed E-state index contributed by atoms with van der Waals surface area (Å²) in [4.78, 5) is 36.4. The van der Waals surface area contributed by atoms with Crippen molar-refractivity contribution in [3.05, 3.63) is 71.4 Å². The number of rotatable bonds is 7. The van der Waals surface area contributed by atoms with Gasteiger partial charge < -0.3 is 20.3 Å². The number of carboxylic acid groups (broad SMARTS) is 1. The van der Waals surface area contributed by atoms with Crippen LogP contribution < -0.4 is 10.6 Å². The van der Waals surface area contributed by atoms with Gasteiger partial charge in [-0.2, -0.15) is 5.10 Å². The Labute approximate surface area is 195 Å². The van der Waals surface area contributed by atoms with Crippen LogP contribution in [0.5, 0.6) is 0 Å². The first-order valence-electron chi connectivity index (χ1n) is 10.6. The van der Waals surface area contributed by atoms with Crippen molar-refractivity contribution in [2.75, 3.05) is 11.9 Å². The van der Waals surface area contributed by atoms with Gasteiger partial charge in [-0.15, -0.1) is 0 Å². The minimum absolute atomic E-state index is 0.0668. The van der Waals surface area contributed by atoms with E-state index in [1.807, 2.05) is 48.5 Å². The van der Waals surface area contributed by atoms with E-state index in [-0.39, 0.29) is 23.9 Å². The van der Waals surface area contributed by atoms with E-state index in [0.717, 1.165) is 22.3 Å². The predicted octanol–water partition coefficient (Wildman–Crippen LogP) is 2.34. The summed E-state index contributed by atoms with van der Waals surface area (Å²) in [5, 5.41) is 27.5. The van der Waals surface area contributed by atoms with Crippen LogP contribution in [-0.2, 0) is 16.6 Å². The monoisotopic (exact) mass is 464 g/mol. The highest BCUT2D eigenvalue weighted by atomic mass is 16.5. The zero-order valence-corrected chi connectivity index (χ0v) is 18.6. The van der Waals surface area contributed by atoms with Gasteiger partial charge in [-0.25, -0.2) is 9.59 Å². The first-order chi connectivity index (χ1) is 16.3. The van der Waals surface area contributed by atoms with Crippen LogP contribution in [0, 0.1) is 0 Å². The lowest BCUT2D eigenvalue weighted by atomic mass is 9.98. The van der Waals surface area contributed by atoms with E-state index in [0.29, 0.717) is 0 Å². The molecule has 0 unspecified atom stereocenters. The van der Waals surface area contributed by atoms with Crippen LogP contribution in [0.2, 0.25) is 0 Å². The van der Waals surface area contributed by atoms with Gasteiger partial charge in [0.15, 0.2) is 11.9 Å². The van der Waals surface area contributed by atoms with Gasteiger partial charge in [-0.3, -0.25) is 14.8 Å². The van der Waals surface area contributed by atoms with E-state index in [1.54, 1.807) is 7.05 Å². The smallest absolute Gasteiger partial charge is 0.412 e. The lowest BCUT2D eigenvalue weighted by molar-refractivity contribution is -0.141. The second-order valence-electron chi connectivity index (χ2n) is 8.05. The summed E-state index contributed by atoms with van der Waals surface area (Å²) in [7, 11) is 1.54. The number of amides is 2. The van der Waals surface area contributed by atoms with Gasteiger partial charge in [0.2, 0.25) is 0 Å². The second-order valence-corrected chi connectivity index (χ2v) is 8.05. The van der Waals surface area contributed by atoms with E-state index in [4.69, 9.17) is 4.74 Å². The maximum absolute atomic E-state index is 12.6. The summed E-state index contributed by atoms with van der Waals surface area (Å²) in [6.07, 6.45) is -0.799. The molecule has 0 saturated carbocycles. The van der Waals surface area contributed by atoms with Gasteiger partial charge in [-0.05, 0) is 29.2 Å². The average Bonchev–Trinajstić information content (AvgIpc) is 3.33. The number of nitrogens with zero attached hydrogens (tertiary/aromatic N) is 2. The summed E-state index contributed by atoms with van der Waals surface area (Å²) in [6.45, 7) is 1.33. The number of benzene rings is 2. The number of aliphatic hydroxyl groups is 1. The highest BCUT2D eigenvalue weighted by Gasteiger charge is 2.30. The van der Waals surface area contributed by atoms with E-state index in [2.05, 4.69) is 15.7 Å². The molecular formula is C24H24N4O6. The van der Waals surface area contributed by atoms with E-state index >= 15 is 0 Å². The highest BCUT2D eigenvalue weighted by molar-refractivity contribution is 6.02. The normalized spacial score (nSPS) is 14.0. The summed E-state index contributed by atoms with van der Waals surface area (Å²) >= 11 is 0. The molecule has 34 heavy (non-hydrogen) atoms. The maximum Gasteiger partial charge on any atom is 0.412 e. The van der Waals surface area contributed by atoms with Gasteiger partial charge in [0.25, 0.3) is 5.91 Å². The van der Waals surface area contributed by atoms with Crippen molar-refractivity contribution in [1.29, 1.82) is 0 Å². The quantitative estimate of drug-likeness (QED) is 0.420. The third-order valence-electron chi connectivity index (χ3n) is 5.67. The third-order valence-corrected chi connectivity index (χ3v) is 5.67. The lowest BCUT2D eigenvalue weighted by Gasteiger charge is -2.17. The predicted molar refractivity (Wildman–Crippen MR) is 122 cm³/mol. The van der Waals surface area contributed by atoms with Gasteiger partial charge in [0.1, 0.15) is 12.2 Å². The average molecular weight is 464 g/mol. The number of nitrogens with one attached hydrogen (secondary N) is 2. The fourth-order valence-electron chi connectivity index (χ4n) is 4.09. The fourth-order valence-corrected chi connectivity index (χ4v) is 4.09. The Morgan fingerprint density at radius 1 is 1.09 bits per heavy atom. The summed E-state index contributed by atoms with van der Waals surface area (Å²) < 4.78 is 6.78. The Morgan fingerprint density at radius 3 is 2.24 bits per heavy atom. The molecule has 2 aromatic carbocycles. The number of carboxylic acids is 1.